The smallest absolute Gasteiger partial charge is 0.0553 e. The summed E-state index contributed by atoms with van der Waals surface area (Å²) >= 11 is 0. The Morgan fingerprint density at radius 3 is 2.42 bits per heavy atom. The summed E-state index contributed by atoms with van der Waals surface area (Å²) in [5.74, 6) is 0. The highest BCUT2D eigenvalue weighted by atomic mass is 16.3. The molecule has 1 atom stereocenters. The van der Waals surface area contributed by atoms with Crippen LogP contribution in [0.5, 0.6) is 0 Å². The Kier molecular flexibility index (Phi) is 3.13. The van der Waals surface area contributed by atoms with Crippen LogP contribution in [0.4, 0.5) is 0 Å². The summed E-state index contributed by atoms with van der Waals surface area (Å²) < 4.78 is 0. The van der Waals surface area contributed by atoms with Crippen LogP contribution in [-0.4, -0.2) is 34.7 Å². The van der Waals surface area contributed by atoms with Gasteiger partial charge in [-0.3, -0.25) is 4.90 Å². The van der Waals surface area contributed by atoms with Crippen LogP contribution >= 0.6 is 0 Å². The zero-order chi connectivity index (χ0) is 9.19. The highest BCUT2D eigenvalue weighted by molar-refractivity contribution is 4.79. The van der Waals surface area contributed by atoms with E-state index in [-0.39, 0.29) is 11.6 Å². The first kappa shape index (κ1) is 10.0. The van der Waals surface area contributed by atoms with Gasteiger partial charge in [-0.1, -0.05) is 0 Å². The van der Waals surface area contributed by atoms with Gasteiger partial charge in [-0.05, 0) is 46.6 Å². The van der Waals surface area contributed by atoms with Gasteiger partial charge in [0.05, 0.1) is 6.10 Å². The molecule has 0 radical (unpaired) electrons. The quantitative estimate of drug-likeness (QED) is 0.599. The molecule has 0 unspecified atom stereocenters. The van der Waals surface area contributed by atoms with Gasteiger partial charge in [0.15, 0.2) is 0 Å². The standard InChI is InChI=1S/C10H21NO/c1-10(2,3)11-7-4-5-9(12)6-8-11/h9,12H,4-8H2,1-3H3/t9-/m0/s1. The molecule has 1 heterocycles. The first-order valence-electron chi connectivity index (χ1n) is 4.93. The van der Waals surface area contributed by atoms with E-state index < -0.39 is 0 Å². The lowest BCUT2D eigenvalue weighted by Gasteiger charge is -2.34. The molecule has 1 aliphatic rings. The van der Waals surface area contributed by atoms with Crippen LogP contribution in [0.3, 0.4) is 0 Å². The van der Waals surface area contributed by atoms with Crippen molar-refractivity contribution < 1.29 is 5.11 Å². The third-order valence-corrected chi connectivity index (χ3v) is 2.65. The maximum atomic E-state index is 9.45. The van der Waals surface area contributed by atoms with Crippen molar-refractivity contribution in [1.29, 1.82) is 0 Å². The molecule has 0 bridgehead atoms. The SMILES string of the molecule is CC(C)(C)N1CCC[C@H](O)CC1. The Balaban J connectivity index is 2.46. The van der Waals surface area contributed by atoms with Gasteiger partial charge >= 0.3 is 0 Å². The minimum atomic E-state index is -0.0580. The molecule has 2 heteroatoms. The van der Waals surface area contributed by atoms with Gasteiger partial charge < -0.3 is 5.11 Å². The number of rotatable bonds is 0. The molecule has 0 saturated carbocycles. The Morgan fingerprint density at radius 1 is 1.17 bits per heavy atom. The van der Waals surface area contributed by atoms with Crippen molar-refractivity contribution in [3.05, 3.63) is 0 Å². The van der Waals surface area contributed by atoms with Gasteiger partial charge in [-0.2, -0.15) is 0 Å². The van der Waals surface area contributed by atoms with Gasteiger partial charge in [-0.15, -0.1) is 0 Å². The first-order chi connectivity index (χ1) is 5.50. The van der Waals surface area contributed by atoms with E-state index in [1.54, 1.807) is 0 Å². The van der Waals surface area contributed by atoms with Crippen LogP contribution in [-0.2, 0) is 0 Å². The molecule has 0 aromatic heterocycles. The second-order valence-electron chi connectivity index (χ2n) is 4.74. The molecule has 72 valence electrons. The fourth-order valence-electron chi connectivity index (χ4n) is 1.75. The molecule has 1 N–H and O–H groups in total. The largest absolute Gasteiger partial charge is 0.393 e. The van der Waals surface area contributed by atoms with Crippen molar-refractivity contribution >= 4 is 0 Å². The molecule has 1 aliphatic heterocycles. The second kappa shape index (κ2) is 3.75. The third-order valence-electron chi connectivity index (χ3n) is 2.65. The molecule has 1 rings (SSSR count). The normalized spacial score (nSPS) is 28.5. The van der Waals surface area contributed by atoms with Crippen molar-refractivity contribution in [3.8, 4) is 0 Å². The molecular formula is C10H21NO. The predicted octanol–water partition coefficient (Wildman–Crippen LogP) is 1.63. The lowest BCUT2D eigenvalue weighted by molar-refractivity contribution is 0.123. The van der Waals surface area contributed by atoms with Gasteiger partial charge in [-0.25, -0.2) is 0 Å². The summed E-state index contributed by atoms with van der Waals surface area (Å²) in [5.41, 5.74) is 0.268. The maximum absolute atomic E-state index is 9.45. The van der Waals surface area contributed by atoms with E-state index in [0.717, 1.165) is 32.4 Å². The van der Waals surface area contributed by atoms with Crippen molar-refractivity contribution in [2.24, 2.45) is 0 Å². The average Bonchev–Trinajstić information content (AvgIpc) is 2.11. The summed E-state index contributed by atoms with van der Waals surface area (Å²) in [6.45, 7) is 8.91. The molecular weight excluding hydrogens is 150 g/mol. The van der Waals surface area contributed by atoms with E-state index in [1.165, 1.54) is 0 Å². The van der Waals surface area contributed by atoms with Gasteiger partial charge in [0.1, 0.15) is 0 Å². The molecule has 2 nitrogen and oxygen atoms in total. The second-order valence-corrected chi connectivity index (χ2v) is 4.74. The van der Waals surface area contributed by atoms with Crippen molar-refractivity contribution in [1.82, 2.24) is 4.90 Å². The van der Waals surface area contributed by atoms with E-state index in [0.29, 0.717) is 0 Å². The highest BCUT2D eigenvalue weighted by Crippen LogP contribution is 2.19. The van der Waals surface area contributed by atoms with E-state index in [9.17, 15) is 5.11 Å². The molecule has 0 aliphatic carbocycles. The van der Waals surface area contributed by atoms with Crippen LogP contribution in [0, 0.1) is 0 Å². The zero-order valence-electron chi connectivity index (χ0n) is 8.51. The molecule has 0 aromatic rings. The monoisotopic (exact) mass is 171 g/mol. The van der Waals surface area contributed by atoms with Crippen molar-refractivity contribution in [2.45, 2.75) is 51.7 Å². The number of hydrogen-bond donors (Lipinski definition) is 1. The minimum Gasteiger partial charge on any atom is -0.393 e. The Hall–Kier alpha value is -0.0800. The van der Waals surface area contributed by atoms with Crippen LogP contribution in [0.15, 0.2) is 0 Å². The van der Waals surface area contributed by atoms with Crippen LogP contribution < -0.4 is 0 Å². The van der Waals surface area contributed by atoms with E-state index in [4.69, 9.17) is 0 Å². The maximum Gasteiger partial charge on any atom is 0.0553 e. The summed E-state index contributed by atoms with van der Waals surface area (Å²) in [7, 11) is 0. The predicted molar refractivity (Wildman–Crippen MR) is 51.2 cm³/mol. The molecule has 0 aromatic carbocycles. The Bertz CT molecular complexity index is 139. The Morgan fingerprint density at radius 2 is 1.83 bits per heavy atom. The molecule has 12 heavy (non-hydrogen) atoms. The number of aliphatic hydroxyl groups is 1. The molecule has 1 fully saturated rings. The van der Waals surface area contributed by atoms with Crippen LogP contribution in [0.1, 0.15) is 40.0 Å². The lowest BCUT2D eigenvalue weighted by atomic mass is 10.1. The molecule has 0 spiro atoms. The lowest BCUT2D eigenvalue weighted by Crippen LogP contribution is -2.41. The summed E-state index contributed by atoms with van der Waals surface area (Å²) in [4.78, 5) is 2.46. The first-order valence-corrected chi connectivity index (χ1v) is 4.93. The fraction of sp³-hybridized carbons (Fsp3) is 1.00. The molecule has 1 saturated heterocycles. The number of nitrogens with zero attached hydrogens (tertiary/aromatic N) is 1. The summed E-state index contributed by atoms with van der Waals surface area (Å²) in [5, 5.41) is 9.45. The topological polar surface area (TPSA) is 23.5 Å². The number of likely N-dealkylation sites (tertiary alicyclic amines) is 1. The number of aliphatic hydroxyl groups excluding tert-OH is 1. The average molecular weight is 171 g/mol. The van der Waals surface area contributed by atoms with Crippen LogP contribution in [0.25, 0.3) is 0 Å². The third kappa shape index (κ3) is 2.76. The van der Waals surface area contributed by atoms with Gasteiger partial charge in [0.25, 0.3) is 0 Å². The van der Waals surface area contributed by atoms with Crippen molar-refractivity contribution in [3.63, 3.8) is 0 Å². The van der Waals surface area contributed by atoms with E-state index in [2.05, 4.69) is 25.7 Å². The highest BCUT2D eigenvalue weighted by Gasteiger charge is 2.23. The van der Waals surface area contributed by atoms with Crippen LogP contribution in [0.2, 0.25) is 0 Å². The fourth-order valence-corrected chi connectivity index (χ4v) is 1.75. The number of hydrogen-bond acceptors (Lipinski definition) is 2. The summed E-state index contributed by atoms with van der Waals surface area (Å²) in [6.07, 6.45) is 3.00. The summed E-state index contributed by atoms with van der Waals surface area (Å²) in [6, 6.07) is 0. The molecule has 0 amide bonds. The Labute approximate surface area is 75.6 Å². The van der Waals surface area contributed by atoms with Crippen molar-refractivity contribution in [2.75, 3.05) is 13.1 Å². The zero-order valence-corrected chi connectivity index (χ0v) is 8.51. The van der Waals surface area contributed by atoms with Gasteiger partial charge in [0, 0.05) is 12.1 Å². The van der Waals surface area contributed by atoms with Gasteiger partial charge in [0.2, 0.25) is 0 Å². The van der Waals surface area contributed by atoms with E-state index >= 15 is 0 Å². The van der Waals surface area contributed by atoms with E-state index in [1.807, 2.05) is 0 Å². The minimum absolute atomic E-state index is 0.0580.